The van der Waals surface area contributed by atoms with Gasteiger partial charge in [0.1, 0.15) is 5.75 Å². The van der Waals surface area contributed by atoms with Crippen LogP contribution in [0.1, 0.15) is 26.8 Å². The first-order chi connectivity index (χ1) is 12.5. The molecule has 0 spiro atoms. The van der Waals surface area contributed by atoms with Crippen molar-refractivity contribution in [1.29, 1.82) is 0 Å². The van der Waals surface area contributed by atoms with Crippen LogP contribution in [0.3, 0.4) is 0 Å². The fraction of sp³-hybridized carbons (Fsp3) is 0.227. The molecular weight excluding hydrogens is 326 g/mol. The first-order valence-corrected chi connectivity index (χ1v) is 8.63. The molecule has 134 valence electrons. The zero-order valence-electron chi connectivity index (χ0n) is 15.4. The van der Waals surface area contributed by atoms with Gasteiger partial charge in [-0.25, -0.2) is 4.79 Å². The van der Waals surface area contributed by atoms with Gasteiger partial charge in [0.15, 0.2) is 0 Å². The number of fused-ring (bicyclic) bond motifs is 1. The molecule has 1 heterocycles. The predicted molar refractivity (Wildman–Crippen MR) is 104 cm³/mol. The summed E-state index contributed by atoms with van der Waals surface area (Å²) < 4.78 is 12.9. The molecule has 26 heavy (non-hydrogen) atoms. The summed E-state index contributed by atoms with van der Waals surface area (Å²) in [5.41, 5.74) is 3.78. The largest absolute Gasteiger partial charge is 0.457 e. The van der Waals surface area contributed by atoms with Crippen LogP contribution >= 0.6 is 0 Å². The van der Waals surface area contributed by atoms with Gasteiger partial charge in [0.25, 0.3) is 0 Å². The summed E-state index contributed by atoms with van der Waals surface area (Å²) in [7, 11) is 0. The number of hydrogen-bond donors (Lipinski definition) is 0. The minimum absolute atomic E-state index is 0.134. The number of esters is 1. The molecule has 3 rings (SSSR count). The Hall–Kier alpha value is -3.01. The summed E-state index contributed by atoms with van der Waals surface area (Å²) in [6, 6.07) is 18.7. The van der Waals surface area contributed by atoms with Gasteiger partial charge in [-0.1, -0.05) is 36.9 Å². The van der Waals surface area contributed by atoms with E-state index >= 15 is 0 Å². The lowest BCUT2D eigenvalue weighted by molar-refractivity contribution is -0.145. The molecule has 0 fully saturated rings. The smallest absolute Gasteiger partial charge is 0.335 e. The van der Waals surface area contributed by atoms with E-state index in [-0.39, 0.29) is 6.79 Å². The highest BCUT2D eigenvalue weighted by Gasteiger charge is 2.14. The summed E-state index contributed by atoms with van der Waals surface area (Å²) in [5.74, 6) is 0.203. The maximum Gasteiger partial charge on any atom is 0.335 e. The standard InChI is InChI=1S/C22H23NO3/c1-15(2)22(24)26-14-25-19-11-10-18-12-20(17-8-6-5-7-9-17)23(16(3)4)21(18)13-19/h5-13,16H,1,14H2,2-4H3. The number of hydrogen-bond acceptors (Lipinski definition) is 3. The second-order valence-electron chi connectivity index (χ2n) is 6.55. The van der Waals surface area contributed by atoms with E-state index in [9.17, 15) is 4.79 Å². The van der Waals surface area contributed by atoms with E-state index in [1.165, 1.54) is 11.3 Å². The van der Waals surface area contributed by atoms with E-state index in [2.05, 4.69) is 43.2 Å². The minimum atomic E-state index is -0.456. The molecule has 0 aliphatic heterocycles. The van der Waals surface area contributed by atoms with Gasteiger partial charge in [-0.3, -0.25) is 0 Å². The lowest BCUT2D eigenvalue weighted by Gasteiger charge is -2.15. The highest BCUT2D eigenvalue weighted by molar-refractivity contribution is 5.88. The molecule has 4 nitrogen and oxygen atoms in total. The van der Waals surface area contributed by atoms with Crippen molar-refractivity contribution in [2.24, 2.45) is 0 Å². The number of carbonyl (C=O) groups is 1. The summed E-state index contributed by atoms with van der Waals surface area (Å²) in [6.45, 7) is 9.34. The number of carbonyl (C=O) groups excluding carboxylic acids is 1. The monoisotopic (exact) mass is 349 g/mol. The Balaban J connectivity index is 1.92. The van der Waals surface area contributed by atoms with E-state index in [1.807, 2.05) is 36.4 Å². The molecule has 0 atom stereocenters. The minimum Gasteiger partial charge on any atom is -0.457 e. The zero-order valence-corrected chi connectivity index (χ0v) is 15.4. The molecule has 0 N–H and O–H groups in total. The zero-order chi connectivity index (χ0) is 18.7. The number of nitrogens with zero attached hydrogens (tertiary/aromatic N) is 1. The van der Waals surface area contributed by atoms with Crippen molar-refractivity contribution in [2.45, 2.75) is 26.8 Å². The Morgan fingerprint density at radius 1 is 1.12 bits per heavy atom. The van der Waals surface area contributed by atoms with Crippen LogP contribution in [0, 0.1) is 0 Å². The van der Waals surface area contributed by atoms with Crippen LogP contribution < -0.4 is 4.74 Å². The quantitative estimate of drug-likeness (QED) is 0.342. The van der Waals surface area contributed by atoms with Crippen molar-refractivity contribution in [2.75, 3.05) is 6.79 Å². The highest BCUT2D eigenvalue weighted by Crippen LogP contribution is 2.33. The van der Waals surface area contributed by atoms with Crippen LogP contribution in [0.4, 0.5) is 0 Å². The molecule has 2 aromatic carbocycles. The van der Waals surface area contributed by atoms with Gasteiger partial charge in [-0.05, 0) is 44.5 Å². The third-order valence-corrected chi connectivity index (χ3v) is 4.16. The van der Waals surface area contributed by atoms with E-state index in [0.29, 0.717) is 17.4 Å². The maximum absolute atomic E-state index is 11.4. The van der Waals surface area contributed by atoms with Crippen molar-refractivity contribution in [3.8, 4) is 17.0 Å². The summed E-state index contributed by atoms with van der Waals surface area (Å²) in [4.78, 5) is 11.4. The topological polar surface area (TPSA) is 40.5 Å². The fourth-order valence-electron chi connectivity index (χ4n) is 2.95. The fourth-order valence-corrected chi connectivity index (χ4v) is 2.95. The van der Waals surface area contributed by atoms with E-state index in [0.717, 1.165) is 10.9 Å². The first kappa shape index (κ1) is 17.8. The molecule has 1 aromatic heterocycles. The van der Waals surface area contributed by atoms with Gasteiger partial charge in [0.2, 0.25) is 6.79 Å². The Morgan fingerprint density at radius 3 is 2.50 bits per heavy atom. The highest BCUT2D eigenvalue weighted by atomic mass is 16.7. The Bertz CT molecular complexity index is 939. The first-order valence-electron chi connectivity index (χ1n) is 8.63. The molecule has 0 bridgehead atoms. The van der Waals surface area contributed by atoms with Gasteiger partial charge in [0.05, 0.1) is 5.52 Å². The van der Waals surface area contributed by atoms with E-state index in [4.69, 9.17) is 9.47 Å². The Kier molecular flexibility index (Phi) is 5.12. The lowest BCUT2D eigenvalue weighted by Crippen LogP contribution is -2.10. The summed E-state index contributed by atoms with van der Waals surface area (Å²) >= 11 is 0. The van der Waals surface area contributed by atoms with E-state index in [1.54, 1.807) is 6.92 Å². The lowest BCUT2D eigenvalue weighted by atomic mass is 10.1. The molecule has 0 aliphatic carbocycles. The van der Waals surface area contributed by atoms with Crippen molar-refractivity contribution >= 4 is 16.9 Å². The maximum atomic E-state index is 11.4. The van der Waals surface area contributed by atoms with Crippen molar-refractivity contribution < 1.29 is 14.3 Å². The van der Waals surface area contributed by atoms with Crippen molar-refractivity contribution in [1.82, 2.24) is 4.57 Å². The van der Waals surface area contributed by atoms with Crippen LogP contribution in [0.15, 0.2) is 66.7 Å². The van der Waals surface area contributed by atoms with Gasteiger partial charge in [0, 0.05) is 28.8 Å². The van der Waals surface area contributed by atoms with Crippen LogP contribution in [-0.2, 0) is 9.53 Å². The molecule has 0 aliphatic rings. The summed E-state index contributed by atoms with van der Waals surface area (Å²) in [6.07, 6.45) is 0. The normalized spacial score (nSPS) is 10.9. The third-order valence-electron chi connectivity index (χ3n) is 4.16. The second-order valence-corrected chi connectivity index (χ2v) is 6.55. The number of ether oxygens (including phenoxy) is 2. The Morgan fingerprint density at radius 2 is 1.85 bits per heavy atom. The van der Waals surface area contributed by atoms with Crippen molar-refractivity contribution in [3.05, 3.63) is 66.7 Å². The van der Waals surface area contributed by atoms with Gasteiger partial charge >= 0.3 is 5.97 Å². The predicted octanol–water partition coefficient (Wildman–Crippen LogP) is 5.34. The second kappa shape index (κ2) is 7.48. The molecular formula is C22H23NO3. The molecule has 0 amide bonds. The molecule has 3 aromatic rings. The molecule has 0 radical (unpaired) electrons. The van der Waals surface area contributed by atoms with Crippen LogP contribution in [-0.4, -0.2) is 17.3 Å². The average molecular weight is 349 g/mol. The number of benzene rings is 2. The van der Waals surface area contributed by atoms with Crippen LogP contribution in [0.5, 0.6) is 5.75 Å². The van der Waals surface area contributed by atoms with Crippen LogP contribution in [0.25, 0.3) is 22.2 Å². The SMILES string of the molecule is C=C(C)C(=O)OCOc1ccc2cc(-c3ccccc3)n(C(C)C)c2c1. The average Bonchev–Trinajstić information content (AvgIpc) is 3.01. The number of aromatic nitrogens is 1. The molecule has 0 saturated heterocycles. The number of rotatable bonds is 6. The van der Waals surface area contributed by atoms with Gasteiger partial charge in [-0.2, -0.15) is 0 Å². The molecule has 0 unspecified atom stereocenters. The summed E-state index contributed by atoms with van der Waals surface area (Å²) in [5, 5.41) is 1.14. The van der Waals surface area contributed by atoms with Gasteiger partial charge in [-0.15, -0.1) is 0 Å². The van der Waals surface area contributed by atoms with Crippen LogP contribution in [0.2, 0.25) is 0 Å². The molecule has 0 saturated carbocycles. The van der Waals surface area contributed by atoms with Crippen molar-refractivity contribution in [3.63, 3.8) is 0 Å². The Labute approximate surface area is 153 Å². The van der Waals surface area contributed by atoms with Gasteiger partial charge < -0.3 is 14.0 Å². The van der Waals surface area contributed by atoms with E-state index < -0.39 is 5.97 Å². The molecule has 4 heteroatoms. The third kappa shape index (κ3) is 3.64.